The van der Waals surface area contributed by atoms with Gasteiger partial charge in [-0.15, -0.1) is 0 Å². The van der Waals surface area contributed by atoms with Crippen molar-refractivity contribution in [1.82, 2.24) is 20.1 Å². The molecule has 136 valence electrons. The molecule has 1 aromatic heterocycles. The second-order valence-corrected chi connectivity index (χ2v) is 6.46. The van der Waals surface area contributed by atoms with E-state index in [1.54, 1.807) is 6.33 Å². The third-order valence-corrected chi connectivity index (χ3v) is 4.70. The van der Waals surface area contributed by atoms with Crippen LogP contribution in [-0.2, 0) is 29.7 Å². The van der Waals surface area contributed by atoms with Gasteiger partial charge in [0.25, 0.3) is 0 Å². The predicted molar refractivity (Wildman–Crippen MR) is 97.0 cm³/mol. The van der Waals surface area contributed by atoms with Crippen LogP contribution in [0.4, 0.5) is 0 Å². The molecule has 0 aliphatic carbocycles. The number of nitrogens with one attached hydrogen (secondary N) is 1. The maximum Gasteiger partial charge on any atom is 0.302 e. The molecule has 0 amide bonds. The first-order valence-electron chi connectivity index (χ1n) is 8.64. The van der Waals surface area contributed by atoms with Gasteiger partial charge in [0.2, 0.25) is 0 Å². The van der Waals surface area contributed by atoms with E-state index in [1.165, 1.54) is 23.6 Å². The van der Waals surface area contributed by atoms with E-state index in [9.17, 15) is 4.79 Å². The van der Waals surface area contributed by atoms with Gasteiger partial charge in [-0.25, -0.2) is 4.98 Å². The zero-order chi connectivity index (χ0) is 18.6. The molecule has 1 aromatic carbocycles. The van der Waals surface area contributed by atoms with Crippen LogP contribution < -0.4 is 5.32 Å². The molecule has 2 aromatic rings. The first kappa shape index (κ1) is 19.1. The molecule has 0 unspecified atom stereocenters. The largest absolute Gasteiger partial charge is 0.461 e. The van der Waals surface area contributed by atoms with E-state index in [2.05, 4.69) is 49.2 Å². The van der Waals surface area contributed by atoms with Gasteiger partial charge in [0.1, 0.15) is 18.8 Å². The maximum atomic E-state index is 11.2. The lowest BCUT2D eigenvalue weighted by Crippen LogP contribution is -2.24. The van der Waals surface area contributed by atoms with Crippen molar-refractivity contribution in [3.05, 3.63) is 46.0 Å². The van der Waals surface area contributed by atoms with Crippen molar-refractivity contribution in [3.8, 4) is 0 Å². The second-order valence-electron chi connectivity index (χ2n) is 6.46. The summed E-state index contributed by atoms with van der Waals surface area (Å²) in [6.07, 6.45) is 2.51. The highest BCUT2D eigenvalue weighted by Gasteiger charge is 2.17. The molecule has 0 spiro atoms. The summed E-state index contributed by atoms with van der Waals surface area (Å²) in [5.41, 5.74) is 5.90. The zero-order valence-electron chi connectivity index (χ0n) is 16.0. The van der Waals surface area contributed by atoms with Crippen molar-refractivity contribution in [1.29, 1.82) is 0 Å². The molecule has 25 heavy (non-hydrogen) atoms. The van der Waals surface area contributed by atoms with E-state index in [-0.39, 0.29) is 12.0 Å². The van der Waals surface area contributed by atoms with Crippen molar-refractivity contribution < 1.29 is 9.53 Å². The van der Waals surface area contributed by atoms with Gasteiger partial charge in [-0.2, -0.15) is 5.10 Å². The molecular weight excluding hydrogens is 316 g/mol. The van der Waals surface area contributed by atoms with Crippen LogP contribution in [0.15, 0.2) is 12.4 Å². The van der Waals surface area contributed by atoms with Gasteiger partial charge >= 0.3 is 5.97 Å². The number of hydrogen-bond donors (Lipinski definition) is 1. The van der Waals surface area contributed by atoms with Crippen molar-refractivity contribution in [2.75, 3.05) is 0 Å². The Kier molecular flexibility index (Phi) is 6.31. The molecule has 0 saturated heterocycles. The molecule has 6 nitrogen and oxygen atoms in total. The molecule has 0 aliphatic rings. The summed E-state index contributed by atoms with van der Waals surface area (Å²) < 4.78 is 7.03. The van der Waals surface area contributed by atoms with Crippen molar-refractivity contribution in [2.45, 2.75) is 60.2 Å². The monoisotopic (exact) mass is 344 g/mol. The number of ether oxygens (including phenoxy) is 1. The second kappa shape index (κ2) is 8.25. The first-order valence-corrected chi connectivity index (χ1v) is 8.64. The molecule has 0 saturated carbocycles. The van der Waals surface area contributed by atoms with Gasteiger partial charge < -0.3 is 10.1 Å². The fourth-order valence-corrected chi connectivity index (χ4v) is 3.20. The van der Waals surface area contributed by atoms with Gasteiger partial charge in [-0.1, -0.05) is 13.0 Å². The molecule has 1 atom stereocenters. The number of carbonyl (C=O) groups is 1. The smallest absolute Gasteiger partial charge is 0.302 e. The summed E-state index contributed by atoms with van der Waals surface area (Å²) >= 11 is 0. The van der Waals surface area contributed by atoms with E-state index in [1.807, 2.05) is 11.7 Å². The molecule has 1 heterocycles. The Morgan fingerprint density at radius 3 is 2.52 bits per heavy atom. The maximum absolute atomic E-state index is 11.2. The number of benzene rings is 1. The van der Waals surface area contributed by atoms with Crippen LogP contribution in [0.5, 0.6) is 0 Å². The summed E-state index contributed by atoms with van der Waals surface area (Å²) in [6, 6.07) is 2.30. The van der Waals surface area contributed by atoms with E-state index >= 15 is 0 Å². The number of rotatable bonds is 7. The Bertz CT molecular complexity index is 752. The van der Waals surface area contributed by atoms with Gasteiger partial charge in [0, 0.05) is 20.5 Å². The van der Waals surface area contributed by atoms with Gasteiger partial charge in [-0.05, 0) is 55.0 Å². The molecule has 2 rings (SSSR count). The SMILES string of the molecule is CC[C@@H](NCc1c(C)cc(C)c(COC(C)=O)c1C)c1ncnn1C. The zero-order valence-corrected chi connectivity index (χ0v) is 16.0. The lowest BCUT2D eigenvalue weighted by molar-refractivity contribution is -0.142. The van der Waals surface area contributed by atoms with Crippen LogP contribution in [0.25, 0.3) is 0 Å². The van der Waals surface area contributed by atoms with Gasteiger partial charge in [-0.3, -0.25) is 9.48 Å². The van der Waals surface area contributed by atoms with Gasteiger partial charge in [0.05, 0.1) is 6.04 Å². The van der Waals surface area contributed by atoms with Crippen LogP contribution >= 0.6 is 0 Å². The minimum Gasteiger partial charge on any atom is -0.461 e. The van der Waals surface area contributed by atoms with Crippen LogP contribution in [0.1, 0.15) is 60.0 Å². The molecular formula is C19H28N4O2. The normalized spacial score (nSPS) is 12.2. The highest BCUT2D eigenvalue weighted by atomic mass is 16.5. The fourth-order valence-electron chi connectivity index (χ4n) is 3.20. The predicted octanol–water partition coefficient (Wildman–Crippen LogP) is 3.04. The van der Waals surface area contributed by atoms with E-state index in [4.69, 9.17) is 4.74 Å². The Hall–Kier alpha value is -2.21. The minimum absolute atomic E-state index is 0.143. The highest BCUT2D eigenvalue weighted by Crippen LogP contribution is 2.24. The molecule has 0 aliphatic heterocycles. The third kappa shape index (κ3) is 4.45. The molecule has 0 bridgehead atoms. The van der Waals surface area contributed by atoms with E-state index in [0.29, 0.717) is 6.61 Å². The Morgan fingerprint density at radius 2 is 1.96 bits per heavy atom. The Morgan fingerprint density at radius 1 is 1.28 bits per heavy atom. The fraction of sp³-hybridized carbons (Fsp3) is 0.526. The van der Waals surface area contributed by atoms with Crippen LogP contribution in [0, 0.1) is 20.8 Å². The lowest BCUT2D eigenvalue weighted by atomic mass is 9.93. The van der Waals surface area contributed by atoms with E-state index in [0.717, 1.165) is 29.9 Å². The van der Waals surface area contributed by atoms with Gasteiger partial charge in [0.15, 0.2) is 0 Å². The number of esters is 1. The van der Waals surface area contributed by atoms with Crippen LogP contribution in [0.3, 0.4) is 0 Å². The minimum atomic E-state index is -0.257. The number of aromatic nitrogens is 3. The van der Waals surface area contributed by atoms with Crippen molar-refractivity contribution >= 4 is 5.97 Å². The number of carbonyl (C=O) groups excluding carboxylic acids is 1. The summed E-state index contributed by atoms with van der Waals surface area (Å²) in [7, 11) is 1.91. The number of hydrogen-bond acceptors (Lipinski definition) is 5. The Balaban J connectivity index is 2.22. The number of nitrogens with zero attached hydrogens (tertiary/aromatic N) is 3. The van der Waals surface area contributed by atoms with Crippen molar-refractivity contribution in [2.24, 2.45) is 7.05 Å². The lowest BCUT2D eigenvalue weighted by Gasteiger charge is -2.21. The topological polar surface area (TPSA) is 69.0 Å². The highest BCUT2D eigenvalue weighted by molar-refractivity contribution is 5.66. The van der Waals surface area contributed by atoms with Crippen molar-refractivity contribution in [3.63, 3.8) is 0 Å². The summed E-state index contributed by atoms with van der Waals surface area (Å²) in [5, 5.41) is 7.75. The average Bonchev–Trinajstić information content (AvgIpc) is 2.96. The Labute approximate surface area is 149 Å². The first-order chi connectivity index (χ1) is 11.8. The third-order valence-electron chi connectivity index (χ3n) is 4.70. The standard InChI is InChI=1S/C19H28N4O2/c1-7-18(19-21-11-22-23(19)6)20-9-16-12(2)8-13(3)17(14(16)4)10-25-15(5)24/h8,11,18,20H,7,9-10H2,1-6H3/t18-/m1/s1. The molecule has 6 heteroatoms. The molecule has 0 radical (unpaired) electrons. The molecule has 1 N–H and O–H groups in total. The van der Waals surface area contributed by atoms with E-state index < -0.39 is 0 Å². The average molecular weight is 344 g/mol. The number of aryl methyl sites for hydroxylation is 3. The van der Waals surface area contributed by atoms with Crippen LogP contribution in [-0.4, -0.2) is 20.7 Å². The summed E-state index contributed by atoms with van der Waals surface area (Å²) in [5.74, 6) is 0.678. The quantitative estimate of drug-likeness (QED) is 0.782. The summed E-state index contributed by atoms with van der Waals surface area (Å²) in [6.45, 7) is 10.9. The molecule has 0 fully saturated rings. The van der Waals surface area contributed by atoms with Crippen LogP contribution in [0.2, 0.25) is 0 Å². The summed E-state index contributed by atoms with van der Waals surface area (Å²) in [4.78, 5) is 15.5.